The zero-order valence-corrected chi connectivity index (χ0v) is 12.2. The molecule has 1 heterocycles. The molecule has 1 fully saturated rings. The van der Waals surface area contributed by atoms with E-state index in [1.807, 2.05) is 0 Å². The number of rotatable bonds is 5. The molecule has 0 aromatic carbocycles. The fourth-order valence-corrected chi connectivity index (χ4v) is 2.14. The van der Waals surface area contributed by atoms with Gasteiger partial charge < -0.3 is 51.6 Å². The average Bonchev–Trinajstić information content (AvgIpc) is 2.39. The SMILES string of the molecule is CC(=O)N[C@H]1[C@H]([C@H](O)[C@H](O)CO)O[C@@](O)(C(=O)O)C[C@@H]1O.O.O. The van der Waals surface area contributed by atoms with Crippen LogP contribution in [0.3, 0.4) is 0 Å². The van der Waals surface area contributed by atoms with Crippen LogP contribution in [0, 0.1) is 0 Å². The van der Waals surface area contributed by atoms with E-state index in [4.69, 9.17) is 14.9 Å². The van der Waals surface area contributed by atoms with Gasteiger partial charge in [0.2, 0.25) is 5.91 Å². The quantitative estimate of drug-likeness (QED) is 0.251. The Labute approximate surface area is 130 Å². The summed E-state index contributed by atoms with van der Waals surface area (Å²) >= 11 is 0. The van der Waals surface area contributed by atoms with Crippen LogP contribution in [-0.2, 0) is 14.3 Å². The minimum Gasteiger partial charge on any atom is -0.477 e. The maximum absolute atomic E-state index is 11.1. The van der Waals surface area contributed by atoms with Gasteiger partial charge in [-0.25, -0.2) is 4.79 Å². The molecule has 0 radical (unpaired) electrons. The summed E-state index contributed by atoms with van der Waals surface area (Å²) in [5.74, 6) is -5.17. The fraction of sp³-hybridized carbons (Fsp3) is 0.818. The van der Waals surface area contributed by atoms with Gasteiger partial charge in [-0.15, -0.1) is 0 Å². The summed E-state index contributed by atoms with van der Waals surface area (Å²) in [7, 11) is 0. The zero-order valence-electron chi connectivity index (χ0n) is 12.2. The van der Waals surface area contributed by atoms with Crippen molar-refractivity contribution < 1.29 is 55.9 Å². The minimum absolute atomic E-state index is 0. The number of carbonyl (C=O) groups excluding carboxylic acids is 1. The number of hydrogen-bond acceptors (Lipinski definition) is 8. The van der Waals surface area contributed by atoms with E-state index in [0.717, 1.165) is 6.92 Å². The molecule has 12 heteroatoms. The number of amides is 1. The van der Waals surface area contributed by atoms with Crippen LogP contribution in [0.4, 0.5) is 0 Å². The number of ether oxygens (including phenoxy) is 1. The third-order valence-electron chi connectivity index (χ3n) is 3.21. The third-order valence-corrected chi connectivity index (χ3v) is 3.21. The van der Waals surface area contributed by atoms with Gasteiger partial charge in [0, 0.05) is 13.3 Å². The van der Waals surface area contributed by atoms with Crippen LogP contribution in [0.25, 0.3) is 0 Å². The molecule has 0 aromatic rings. The van der Waals surface area contributed by atoms with Crippen molar-refractivity contribution in [2.75, 3.05) is 6.61 Å². The summed E-state index contributed by atoms with van der Waals surface area (Å²) in [6.45, 7) is 0.256. The van der Waals surface area contributed by atoms with Crippen LogP contribution in [-0.4, -0.2) is 96.3 Å². The summed E-state index contributed by atoms with van der Waals surface area (Å²) in [6, 6.07) is -1.27. The second-order valence-corrected chi connectivity index (χ2v) is 4.91. The van der Waals surface area contributed by atoms with Gasteiger partial charge in [-0.2, -0.15) is 0 Å². The lowest BCUT2D eigenvalue weighted by atomic mass is 9.88. The van der Waals surface area contributed by atoms with E-state index in [-0.39, 0.29) is 11.0 Å². The van der Waals surface area contributed by atoms with E-state index in [0.29, 0.717) is 0 Å². The Morgan fingerprint density at radius 1 is 1.35 bits per heavy atom. The van der Waals surface area contributed by atoms with Crippen molar-refractivity contribution in [3.63, 3.8) is 0 Å². The molecule has 1 aliphatic heterocycles. The Balaban J connectivity index is 0. The lowest BCUT2D eigenvalue weighted by Crippen LogP contribution is -2.67. The molecule has 1 aliphatic rings. The largest absolute Gasteiger partial charge is 0.477 e. The topological polar surface area (TPSA) is 240 Å². The molecule has 138 valence electrons. The molecule has 0 aliphatic carbocycles. The molecule has 0 spiro atoms. The highest BCUT2D eigenvalue weighted by atomic mass is 16.7. The summed E-state index contributed by atoms with van der Waals surface area (Å²) in [4.78, 5) is 22.1. The van der Waals surface area contributed by atoms with E-state index in [9.17, 15) is 30.0 Å². The first-order chi connectivity index (χ1) is 9.62. The monoisotopic (exact) mass is 345 g/mol. The van der Waals surface area contributed by atoms with Crippen LogP contribution in [0.1, 0.15) is 13.3 Å². The Morgan fingerprint density at radius 3 is 2.26 bits per heavy atom. The maximum atomic E-state index is 11.1. The van der Waals surface area contributed by atoms with Gasteiger partial charge in [-0.3, -0.25) is 4.79 Å². The Kier molecular flexibility index (Phi) is 9.39. The highest BCUT2D eigenvalue weighted by Crippen LogP contribution is 2.30. The first-order valence-corrected chi connectivity index (χ1v) is 6.18. The summed E-state index contributed by atoms with van der Waals surface area (Å²) in [5, 5.41) is 59.0. The van der Waals surface area contributed by atoms with E-state index in [1.54, 1.807) is 0 Å². The molecule has 1 saturated heterocycles. The molecule has 23 heavy (non-hydrogen) atoms. The van der Waals surface area contributed by atoms with Crippen molar-refractivity contribution in [2.24, 2.45) is 0 Å². The number of carboxylic acids is 1. The maximum Gasteiger partial charge on any atom is 0.364 e. The number of carbonyl (C=O) groups is 2. The van der Waals surface area contributed by atoms with Gasteiger partial charge in [0.05, 0.1) is 18.8 Å². The van der Waals surface area contributed by atoms with E-state index < -0.39 is 61.1 Å². The van der Waals surface area contributed by atoms with Crippen molar-refractivity contribution in [1.82, 2.24) is 5.32 Å². The number of aliphatic hydroxyl groups is 5. The van der Waals surface area contributed by atoms with Crippen LogP contribution in [0.15, 0.2) is 0 Å². The van der Waals surface area contributed by atoms with Crippen molar-refractivity contribution >= 4 is 11.9 Å². The molecule has 1 amide bonds. The van der Waals surface area contributed by atoms with Gasteiger partial charge in [-0.1, -0.05) is 0 Å². The van der Waals surface area contributed by atoms with Gasteiger partial charge in [0.15, 0.2) is 0 Å². The van der Waals surface area contributed by atoms with Crippen LogP contribution < -0.4 is 5.32 Å². The lowest BCUT2D eigenvalue weighted by molar-refractivity contribution is -0.295. The number of nitrogens with one attached hydrogen (secondary N) is 1. The summed E-state index contributed by atoms with van der Waals surface area (Å²) < 4.78 is 4.86. The fourth-order valence-electron chi connectivity index (χ4n) is 2.14. The van der Waals surface area contributed by atoms with E-state index in [1.165, 1.54) is 0 Å². The lowest BCUT2D eigenvalue weighted by Gasteiger charge is -2.44. The Morgan fingerprint density at radius 2 is 1.87 bits per heavy atom. The molecule has 6 atom stereocenters. The summed E-state index contributed by atoms with van der Waals surface area (Å²) in [5.41, 5.74) is 0. The second kappa shape index (κ2) is 9.05. The standard InChI is InChI=1S/C11H19NO9.2H2O/c1-4(14)12-7-5(15)2-11(20,10(18)19)21-9(7)8(17)6(16)3-13;;/h5-9,13,15-17,20H,2-3H2,1H3,(H,12,14)(H,18,19);2*1H2/t5-,6+,7+,8+,9+,11+;;/m0../s1. The number of carboxylic acid groups (broad SMARTS) is 1. The summed E-state index contributed by atoms with van der Waals surface area (Å²) in [6.07, 6.45) is -7.48. The zero-order chi connectivity index (χ0) is 16.4. The predicted octanol–water partition coefficient (Wildman–Crippen LogP) is -5.52. The second-order valence-electron chi connectivity index (χ2n) is 4.91. The van der Waals surface area contributed by atoms with Gasteiger partial charge in [0.1, 0.15) is 18.3 Å². The third kappa shape index (κ3) is 5.33. The molecule has 11 N–H and O–H groups in total. The first kappa shape index (κ1) is 23.9. The van der Waals surface area contributed by atoms with Crippen molar-refractivity contribution in [3.8, 4) is 0 Å². The normalized spacial score (nSPS) is 32.7. The predicted molar refractivity (Wildman–Crippen MR) is 72.0 cm³/mol. The van der Waals surface area contributed by atoms with Crippen molar-refractivity contribution in [3.05, 3.63) is 0 Å². The average molecular weight is 345 g/mol. The molecular formula is C11H23NO11. The highest BCUT2D eigenvalue weighted by molar-refractivity contribution is 5.76. The van der Waals surface area contributed by atoms with Gasteiger partial charge in [-0.05, 0) is 0 Å². The van der Waals surface area contributed by atoms with Gasteiger partial charge >= 0.3 is 5.97 Å². The number of aliphatic carboxylic acids is 1. The Bertz CT molecular complexity index is 405. The molecule has 12 nitrogen and oxygen atoms in total. The molecule has 0 saturated carbocycles. The van der Waals surface area contributed by atoms with Crippen LogP contribution in [0.5, 0.6) is 0 Å². The van der Waals surface area contributed by atoms with Crippen molar-refractivity contribution in [1.29, 1.82) is 0 Å². The van der Waals surface area contributed by atoms with Crippen molar-refractivity contribution in [2.45, 2.75) is 49.6 Å². The molecule has 0 bridgehead atoms. The minimum atomic E-state index is -2.78. The van der Waals surface area contributed by atoms with Crippen LogP contribution in [0.2, 0.25) is 0 Å². The molecule has 1 rings (SSSR count). The number of aliphatic hydroxyl groups excluding tert-OH is 4. The smallest absolute Gasteiger partial charge is 0.364 e. The van der Waals surface area contributed by atoms with Crippen LogP contribution >= 0.6 is 0 Å². The Hall–Kier alpha value is -1.38. The molecule has 0 aromatic heterocycles. The van der Waals surface area contributed by atoms with E-state index in [2.05, 4.69) is 5.32 Å². The van der Waals surface area contributed by atoms with E-state index >= 15 is 0 Å². The molecule has 0 unspecified atom stereocenters. The first-order valence-electron chi connectivity index (χ1n) is 6.18. The highest BCUT2D eigenvalue weighted by Gasteiger charge is 2.53. The number of hydrogen-bond donors (Lipinski definition) is 7. The van der Waals surface area contributed by atoms with Gasteiger partial charge in [0.25, 0.3) is 5.79 Å². The molecular weight excluding hydrogens is 322 g/mol.